The van der Waals surface area contributed by atoms with E-state index >= 15 is 0 Å². The Morgan fingerprint density at radius 2 is 1.60 bits per heavy atom. The van der Waals surface area contributed by atoms with Crippen molar-refractivity contribution in [2.24, 2.45) is 17.3 Å². The third-order valence-corrected chi connectivity index (χ3v) is 5.78. The number of amides is 2. The molecule has 3 rings (SSSR count). The summed E-state index contributed by atoms with van der Waals surface area (Å²) in [7, 11) is 0. The zero-order valence-corrected chi connectivity index (χ0v) is 16.4. The molecule has 1 saturated heterocycles. The number of hydrogen-bond donors (Lipinski definition) is 3. The Morgan fingerprint density at radius 1 is 1.04 bits per heavy atom. The molecular formula is C19H34ClN3O2. The highest BCUT2D eigenvalue weighted by molar-refractivity contribution is 5.89. The van der Waals surface area contributed by atoms with E-state index in [0.29, 0.717) is 13.0 Å². The molecule has 3 unspecified atom stereocenters. The van der Waals surface area contributed by atoms with Crippen LogP contribution in [-0.2, 0) is 9.59 Å². The van der Waals surface area contributed by atoms with Crippen molar-refractivity contribution in [3.8, 4) is 0 Å². The Hall–Kier alpha value is -0.810. The minimum Gasteiger partial charge on any atom is -0.354 e. The average Bonchev–Trinajstić information content (AvgIpc) is 3.42. The zero-order chi connectivity index (χ0) is 17.2. The first-order valence-corrected chi connectivity index (χ1v) is 9.78. The van der Waals surface area contributed by atoms with E-state index < -0.39 is 5.41 Å². The van der Waals surface area contributed by atoms with Gasteiger partial charge < -0.3 is 16.0 Å². The van der Waals surface area contributed by atoms with Gasteiger partial charge in [-0.05, 0) is 51.5 Å². The average molecular weight is 372 g/mol. The normalized spacial score (nSPS) is 27.9. The van der Waals surface area contributed by atoms with E-state index in [1.807, 2.05) is 0 Å². The van der Waals surface area contributed by atoms with Crippen LogP contribution in [0.2, 0.25) is 0 Å². The minimum atomic E-state index is -0.568. The number of hydrogen-bond acceptors (Lipinski definition) is 3. The molecule has 3 atom stereocenters. The molecule has 0 aromatic carbocycles. The molecule has 144 valence electrons. The molecule has 3 fully saturated rings. The topological polar surface area (TPSA) is 70.2 Å². The first kappa shape index (κ1) is 20.5. The van der Waals surface area contributed by atoms with E-state index in [1.165, 1.54) is 25.7 Å². The lowest BCUT2D eigenvalue weighted by Gasteiger charge is -2.29. The maximum Gasteiger partial charge on any atom is 0.228 e. The van der Waals surface area contributed by atoms with Gasteiger partial charge in [0.25, 0.3) is 0 Å². The van der Waals surface area contributed by atoms with Crippen LogP contribution in [0.1, 0.15) is 65.2 Å². The fraction of sp³-hybridized carbons (Fsp3) is 0.895. The summed E-state index contributed by atoms with van der Waals surface area (Å²) in [5.74, 6) is 1.68. The largest absolute Gasteiger partial charge is 0.354 e. The van der Waals surface area contributed by atoms with E-state index in [0.717, 1.165) is 37.6 Å². The second-order valence-corrected chi connectivity index (χ2v) is 8.59. The highest BCUT2D eigenvalue weighted by Gasteiger charge is 2.43. The van der Waals surface area contributed by atoms with Gasteiger partial charge >= 0.3 is 0 Å². The predicted molar refractivity (Wildman–Crippen MR) is 102 cm³/mol. The van der Waals surface area contributed by atoms with E-state index in [1.54, 1.807) is 0 Å². The Labute approximate surface area is 157 Å². The Bertz CT molecular complexity index is 471. The van der Waals surface area contributed by atoms with Crippen LogP contribution in [0, 0.1) is 17.3 Å². The molecule has 5 nitrogen and oxygen atoms in total. The van der Waals surface area contributed by atoms with Gasteiger partial charge in [0.05, 0.1) is 5.41 Å². The van der Waals surface area contributed by atoms with Crippen molar-refractivity contribution in [1.29, 1.82) is 0 Å². The van der Waals surface area contributed by atoms with Crippen LogP contribution in [-0.4, -0.2) is 37.0 Å². The molecule has 0 bridgehead atoms. The van der Waals surface area contributed by atoms with Gasteiger partial charge in [-0.25, -0.2) is 0 Å². The quantitative estimate of drug-likeness (QED) is 0.582. The summed E-state index contributed by atoms with van der Waals surface area (Å²) in [6, 6.07) is 0.424. The molecule has 1 aliphatic heterocycles. The maximum absolute atomic E-state index is 12.9. The molecule has 1 heterocycles. The minimum absolute atomic E-state index is 0. The van der Waals surface area contributed by atoms with Crippen molar-refractivity contribution in [2.45, 2.75) is 77.3 Å². The number of carbonyl (C=O) groups excluding carboxylic acids is 2. The van der Waals surface area contributed by atoms with Crippen LogP contribution < -0.4 is 16.0 Å². The first-order chi connectivity index (χ1) is 11.5. The van der Waals surface area contributed by atoms with Crippen LogP contribution >= 0.6 is 12.4 Å². The second-order valence-electron chi connectivity index (χ2n) is 8.59. The summed E-state index contributed by atoms with van der Waals surface area (Å²) in [6.07, 6.45) is 8.39. The molecular weight excluding hydrogens is 338 g/mol. The third-order valence-electron chi connectivity index (χ3n) is 5.78. The summed E-state index contributed by atoms with van der Waals surface area (Å²) in [6.45, 7) is 5.59. The highest BCUT2D eigenvalue weighted by Crippen LogP contribution is 2.35. The molecule has 0 aromatic rings. The van der Waals surface area contributed by atoms with E-state index in [-0.39, 0.29) is 36.3 Å². The SMILES string of the molecule is CC(CC1CC1)NC(=O)CC1(C(=O)NC(C)CC2CC2)CCNC1.Cl. The molecule has 3 aliphatic rings. The lowest BCUT2D eigenvalue weighted by molar-refractivity contribution is -0.136. The molecule has 0 radical (unpaired) electrons. The van der Waals surface area contributed by atoms with E-state index in [9.17, 15) is 9.59 Å². The summed E-state index contributed by atoms with van der Waals surface area (Å²) in [4.78, 5) is 25.3. The van der Waals surface area contributed by atoms with Crippen molar-refractivity contribution in [1.82, 2.24) is 16.0 Å². The number of nitrogens with one attached hydrogen (secondary N) is 3. The Balaban J connectivity index is 0.00000225. The van der Waals surface area contributed by atoms with Gasteiger partial charge in [0.15, 0.2) is 0 Å². The van der Waals surface area contributed by atoms with Crippen LogP contribution in [0.3, 0.4) is 0 Å². The van der Waals surface area contributed by atoms with Crippen LogP contribution in [0.5, 0.6) is 0 Å². The summed E-state index contributed by atoms with van der Waals surface area (Å²) in [5.41, 5.74) is -0.568. The smallest absolute Gasteiger partial charge is 0.228 e. The van der Waals surface area contributed by atoms with Crippen molar-refractivity contribution in [2.75, 3.05) is 13.1 Å². The molecule has 2 aliphatic carbocycles. The van der Waals surface area contributed by atoms with E-state index in [4.69, 9.17) is 0 Å². The molecule has 2 saturated carbocycles. The molecule has 0 spiro atoms. The van der Waals surface area contributed by atoms with Crippen molar-refractivity contribution in [3.63, 3.8) is 0 Å². The predicted octanol–water partition coefficient (Wildman–Crippen LogP) is 2.39. The fourth-order valence-corrected chi connectivity index (χ4v) is 4.00. The van der Waals surface area contributed by atoms with Gasteiger partial charge in [0.2, 0.25) is 11.8 Å². The zero-order valence-electron chi connectivity index (χ0n) is 15.6. The van der Waals surface area contributed by atoms with Gasteiger partial charge in [-0.3, -0.25) is 9.59 Å². The van der Waals surface area contributed by atoms with Gasteiger partial charge in [-0.15, -0.1) is 12.4 Å². The highest BCUT2D eigenvalue weighted by atomic mass is 35.5. The van der Waals surface area contributed by atoms with Crippen LogP contribution in [0.4, 0.5) is 0 Å². The standard InChI is InChI=1S/C19H33N3O2.ClH/c1-13(9-15-3-4-15)21-17(23)11-19(7-8-20-12-19)18(24)22-14(2)10-16-5-6-16;/h13-16,20H,3-12H2,1-2H3,(H,21,23)(H,22,24);1H. The number of rotatable bonds is 9. The van der Waals surface area contributed by atoms with E-state index in [2.05, 4.69) is 29.8 Å². The van der Waals surface area contributed by atoms with Gasteiger partial charge in [0.1, 0.15) is 0 Å². The van der Waals surface area contributed by atoms with Crippen LogP contribution in [0.15, 0.2) is 0 Å². The monoisotopic (exact) mass is 371 g/mol. The molecule has 3 N–H and O–H groups in total. The summed E-state index contributed by atoms with van der Waals surface area (Å²) in [5, 5.41) is 9.56. The van der Waals surface area contributed by atoms with Crippen molar-refractivity contribution >= 4 is 24.2 Å². The van der Waals surface area contributed by atoms with Gasteiger partial charge in [-0.1, -0.05) is 25.7 Å². The summed E-state index contributed by atoms with van der Waals surface area (Å²) >= 11 is 0. The Kier molecular flexibility index (Phi) is 7.15. The molecule has 25 heavy (non-hydrogen) atoms. The van der Waals surface area contributed by atoms with Crippen LogP contribution in [0.25, 0.3) is 0 Å². The van der Waals surface area contributed by atoms with Crippen molar-refractivity contribution < 1.29 is 9.59 Å². The van der Waals surface area contributed by atoms with Crippen molar-refractivity contribution in [3.05, 3.63) is 0 Å². The third kappa shape index (κ3) is 6.14. The fourth-order valence-electron chi connectivity index (χ4n) is 4.00. The maximum atomic E-state index is 12.9. The van der Waals surface area contributed by atoms with Gasteiger partial charge in [-0.2, -0.15) is 0 Å². The molecule has 6 heteroatoms. The lowest BCUT2D eigenvalue weighted by atomic mass is 9.81. The second kappa shape index (κ2) is 8.72. The Morgan fingerprint density at radius 3 is 2.08 bits per heavy atom. The number of carbonyl (C=O) groups is 2. The van der Waals surface area contributed by atoms with Gasteiger partial charge in [0, 0.05) is 25.0 Å². The first-order valence-electron chi connectivity index (χ1n) is 9.78. The molecule has 2 amide bonds. The molecule has 0 aromatic heterocycles. The number of halogens is 1. The summed E-state index contributed by atoms with van der Waals surface area (Å²) < 4.78 is 0. The lowest BCUT2D eigenvalue weighted by Crippen LogP contribution is -2.49.